The van der Waals surface area contributed by atoms with Gasteiger partial charge in [-0.1, -0.05) is 84.9 Å². The van der Waals surface area contributed by atoms with Crippen molar-refractivity contribution in [2.24, 2.45) is 0 Å². The molecule has 4 rings (SSSR count). The van der Waals surface area contributed by atoms with Crippen molar-refractivity contribution in [3.8, 4) is 17.2 Å². The van der Waals surface area contributed by atoms with Crippen molar-refractivity contribution >= 4 is 23.1 Å². The van der Waals surface area contributed by atoms with Crippen molar-refractivity contribution in [3.63, 3.8) is 0 Å². The second-order valence-corrected chi connectivity index (χ2v) is 7.20. The summed E-state index contributed by atoms with van der Waals surface area (Å²) >= 11 is 0. The van der Waals surface area contributed by atoms with Crippen LogP contribution in [0.3, 0.4) is 0 Å². The van der Waals surface area contributed by atoms with Gasteiger partial charge in [-0.05, 0) is 11.1 Å². The second kappa shape index (κ2) is 10.9. The molecule has 0 fully saturated rings. The fourth-order valence-electron chi connectivity index (χ4n) is 3.30. The zero-order chi connectivity index (χ0) is 23.8. The number of methoxy groups -OCH3 is 1. The number of fused-ring (bicyclic) bond motifs is 1. The van der Waals surface area contributed by atoms with Crippen LogP contribution in [-0.2, 0) is 22.7 Å². The van der Waals surface area contributed by atoms with Crippen LogP contribution in [0.1, 0.15) is 11.1 Å². The molecule has 0 radical (unpaired) electrons. The molecule has 7 heteroatoms. The minimum absolute atomic E-state index is 0.0639. The highest BCUT2D eigenvalue weighted by molar-refractivity contribution is 5.97. The molecular weight excluding hydrogens is 436 g/mol. The van der Waals surface area contributed by atoms with Gasteiger partial charge in [0.1, 0.15) is 19.0 Å². The van der Waals surface area contributed by atoms with E-state index in [1.54, 1.807) is 24.3 Å². The Bertz CT molecular complexity index is 1270. The lowest BCUT2D eigenvalue weighted by molar-refractivity contribution is 0.0905. The number of carbonyl (C=O) groups is 2. The number of hydrogen-bond donors (Lipinski definition) is 0. The molecule has 7 nitrogen and oxygen atoms in total. The number of carbonyl (C=O) groups excluding carboxylic acids is 2. The van der Waals surface area contributed by atoms with Crippen LogP contribution in [0, 0.1) is 0 Å². The molecule has 0 atom stereocenters. The fourth-order valence-corrected chi connectivity index (χ4v) is 3.30. The van der Waals surface area contributed by atoms with Gasteiger partial charge in [0.05, 0.1) is 7.11 Å². The third kappa shape index (κ3) is 5.63. The molecule has 0 amide bonds. The lowest BCUT2D eigenvalue weighted by atomic mass is 10.1. The summed E-state index contributed by atoms with van der Waals surface area (Å²) in [6.45, 7) is 0.136. The quantitative estimate of drug-likeness (QED) is 0.238. The SMILES string of the molecule is COc1cc(OC(=O)OCc2ccccc2)c2ccccc2c1OC(=O)OCc1ccccc1. The van der Waals surface area contributed by atoms with Crippen molar-refractivity contribution in [1.82, 2.24) is 0 Å². The molecule has 0 bridgehead atoms. The van der Waals surface area contributed by atoms with Crippen molar-refractivity contribution in [2.75, 3.05) is 7.11 Å². The van der Waals surface area contributed by atoms with Crippen LogP contribution in [-0.4, -0.2) is 19.4 Å². The maximum Gasteiger partial charge on any atom is 0.514 e. The Morgan fingerprint density at radius 1 is 0.618 bits per heavy atom. The molecule has 0 aliphatic rings. The average Bonchev–Trinajstić information content (AvgIpc) is 2.88. The van der Waals surface area contributed by atoms with Crippen LogP contribution >= 0.6 is 0 Å². The summed E-state index contributed by atoms with van der Waals surface area (Å²) in [5.74, 6) is 0.554. The van der Waals surface area contributed by atoms with E-state index >= 15 is 0 Å². The van der Waals surface area contributed by atoms with Gasteiger partial charge in [-0.25, -0.2) is 9.59 Å². The van der Waals surface area contributed by atoms with Crippen molar-refractivity contribution < 1.29 is 33.3 Å². The van der Waals surface area contributed by atoms with E-state index in [-0.39, 0.29) is 30.5 Å². The first kappa shape index (κ1) is 22.7. The zero-order valence-electron chi connectivity index (χ0n) is 18.4. The van der Waals surface area contributed by atoms with E-state index in [1.165, 1.54) is 13.2 Å². The molecule has 172 valence electrons. The molecule has 0 heterocycles. The van der Waals surface area contributed by atoms with Crippen molar-refractivity contribution in [1.29, 1.82) is 0 Å². The number of benzene rings is 4. The highest BCUT2D eigenvalue weighted by Crippen LogP contribution is 2.41. The number of rotatable bonds is 7. The summed E-state index contributed by atoms with van der Waals surface area (Å²) in [5.41, 5.74) is 1.66. The highest BCUT2D eigenvalue weighted by atomic mass is 16.7. The summed E-state index contributed by atoms with van der Waals surface area (Å²) in [7, 11) is 1.42. The molecular formula is C27H22O7. The molecule has 0 spiro atoms. The Morgan fingerprint density at radius 3 is 1.68 bits per heavy atom. The number of hydrogen-bond acceptors (Lipinski definition) is 7. The normalized spacial score (nSPS) is 10.4. The van der Waals surface area contributed by atoms with E-state index in [0.29, 0.717) is 10.8 Å². The number of ether oxygens (including phenoxy) is 5. The largest absolute Gasteiger partial charge is 0.514 e. The molecule has 0 aromatic heterocycles. The van der Waals surface area contributed by atoms with Gasteiger partial charge in [-0.2, -0.15) is 0 Å². The zero-order valence-corrected chi connectivity index (χ0v) is 18.4. The highest BCUT2D eigenvalue weighted by Gasteiger charge is 2.20. The Labute approximate surface area is 196 Å². The first-order valence-electron chi connectivity index (χ1n) is 10.5. The van der Waals surface area contributed by atoms with E-state index in [4.69, 9.17) is 23.7 Å². The Morgan fingerprint density at radius 2 is 1.12 bits per heavy atom. The van der Waals surface area contributed by atoms with Gasteiger partial charge in [0.15, 0.2) is 11.5 Å². The average molecular weight is 458 g/mol. The molecule has 4 aromatic rings. The minimum atomic E-state index is -0.886. The molecule has 0 N–H and O–H groups in total. The van der Waals surface area contributed by atoms with Crippen LogP contribution < -0.4 is 14.2 Å². The first-order valence-corrected chi connectivity index (χ1v) is 10.5. The van der Waals surface area contributed by atoms with Gasteiger partial charge >= 0.3 is 12.3 Å². The van der Waals surface area contributed by atoms with Crippen LogP contribution in [0.15, 0.2) is 91.0 Å². The summed E-state index contributed by atoms with van der Waals surface area (Å²) in [5, 5.41) is 1.04. The predicted molar refractivity (Wildman–Crippen MR) is 125 cm³/mol. The molecule has 4 aromatic carbocycles. The van der Waals surface area contributed by atoms with Gasteiger partial charge in [0.2, 0.25) is 0 Å². The van der Waals surface area contributed by atoms with Gasteiger partial charge in [-0.3, -0.25) is 0 Å². The smallest absolute Gasteiger partial charge is 0.493 e. The van der Waals surface area contributed by atoms with Gasteiger partial charge < -0.3 is 23.7 Å². The van der Waals surface area contributed by atoms with Crippen LogP contribution in [0.2, 0.25) is 0 Å². The van der Waals surface area contributed by atoms with Crippen LogP contribution in [0.4, 0.5) is 9.59 Å². The van der Waals surface area contributed by atoms with E-state index < -0.39 is 12.3 Å². The molecule has 0 aliphatic carbocycles. The monoisotopic (exact) mass is 458 g/mol. The minimum Gasteiger partial charge on any atom is -0.493 e. The molecule has 0 aliphatic heterocycles. The van der Waals surface area contributed by atoms with E-state index in [9.17, 15) is 9.59 Å². The maximum absolute atomic E-state index is 12.4. The summed E-state index contributed by atoms with van der Waals surface area (Å²) < 4.78 is 26.8. The van der Waals surface area contributed by atoms with Gasteiger partial charge in [-0.15, -0.1) is 0 Å². The summed E-state index contributed by atoms with van der Waals surface area (Å²) in [4.78, 5) is 24.7. The van der Waals surface area contributed by atoms with Gasteiger partial charge in [0.25, 0.3) is 0 Å². The third-order valence-electron chi connectivity index (χ3n) is 4.92. The van der Waals surface area contributed by atoms with E-state index in [1.807, 2.05) is 60.7 Å². The third-order valence-corrected chi connectivity index (χ3v) is 4.92. The maximum atomic E-state index is 12.4. The lowest BCUT2D eigenvalue weighted by Crippen LogP contribution is -2.13. The molecule has 0 saturated heterocycles. The fraction of sp³-hybridized carbons (Fsp3) is 0.111. The Hall–Kier alpha value is -4.52. The molecule has 0 unspecified atom stereocenters. The Kier molecular flexibility index (Phi) is 7.25. The van der Waals surface area contributed by atoms with Crippen LogP contribution in [0.25, 0.3) is 10.8 Å². The lowest BCUT2D eigenvalue weighted by Gasteiger charge is -2.15. The van der Waals surface area contributed by atoms with E-state index in [0.717, 1.165) is 11.1 Å². The van der Waals surface area contributed by atoms with Crippen molar-refractivity contribution in [2.45, 2.75) is 13.2 Å². The Balaban J connectivity index is 1.51. The summed E-state index contributed by atoms with van der Waals surface area (Å²) in [6.07, 6.45) is -1.75. The molecule has 0 saturated carbocycles. The van der Waals surface area contributed by atoms with E-state index in [2.05, 4.69) is 0 Å². The second-order valence-electron chi connectivity index (χ2n) is 7.20. The van der Waals surface area contributed by atoms with Crippen molar-refractivity contribution in [3.05, 3.63) is 102 Å². The standard InChI is InChI=1S/C27H22O7/c1-30-24-16-23(33-26(28)31-17-19-10-4-2-5-11-19)21-14-8-9-15-22(21)25(24)34-27(29)32-18-20-12-6-3-7-13-20/h2-16H,17-18H2,1H3. The predicted octanol–water partition coefficient (Wildman–Crippen LogP) is 6.28. The summed E-state index contributed by atoms with van der Waals surface area (Å²) in [6, 6.07) is 27.0. The van der Waals surface area contributed by atoms with Crippen LogP contribution in [0.5, 0.6) is 17.2 Å². The molecule has 34 heavy (non-hydrogen) atoms. The van der Waals surface area contributed by atoms with Gasteiger partial charge in [0, 0.05) is 16.8 Å². The first-order chi connectivity index (χ1) is 16.6. The topological polar surface area (TPSA) is 80.3 Å².